The third-order valence-electron chi connectivity index (χ3n) is 4.71. The number of phenolic OH excluding ortho intramolecular Hbond substituents is 1. The Labute approximate surface area is 163 Å². The van der Waals surface area contributed by atoms with E-state index in [9.17, 15) is 5.11 Å². The highest BCUT2D eigenvalue weighted by Gasteiger charge is 2.12. The molecule has 6 heteroatoms. The second-order valence-electron chi connectivity index (χ2n) is 6.93. The predicted molar refractivity (Wildman–Crippen MR) is 110 cm³/mol. The molecule has 2 aromatic carbocycles. The Morgan fingerprint density at radius 3 is 2.57 bits per heavy atom. The van der Waals surface area contributed by atoms with Crippen LogP contribution in [0.5, 0.6) is 11.5 Å². The van der Waals surface area contributed by atoms with E-state index in [2.05, 4.69) is 48.5 Å². The van der Waals surface area contributed by atoms with Crippen molar-refractivity contribution in [2.45, 2.75) is 19.8 Å². The summed E-state index contributed by atoms with van der Waals surface area (Å²) in [6.07, 6.45) is 3.63. The molecule has 0 aliphatic heterocycles. The van der Waals surface area contributed by atoms with E-state index in [0.29, 0.717) is 11.7 Å². The third kappa shape index (κ3) is 3.36. The van der Waals surface area contributed by atoms with Crippen LogP contribution in [0.1, 0.15) is 25.3 Å². The number of phenols is 1. The Hall–Kier alpha value is -3.54. The number of hydrogen-bond acceptors (Lipinski definition) is 5. The largest absolute Gasteiger partial charge is 0.504 e. The van der Waals surface area contributed by atoms with Gasteiger partial charge in [0.05, 0.1) is 13.3 Å². The molecule has 0 fully saturated rings. The van der Waals surface area contributed by atoms with Gasteiger partial charge in [0, 0.05) is 17.4 Å². The number of ether oxygens (including phenoxy) is 1. The molecule has 2 N–H and O–H groups in total. The van der Waals surface area contributed by atoms with E-state index in [1.54, 1.807) is 22.8 Å². The monoisotopic (exact) mass is 374 g/mol. The number of methoxy groups -OCH3 is 1. The molecule has 0 aliphatic carbocycles. The van der Waals surface area contributed by atoms with Gasteiger partial charge in [-0.2, -0.15) is 5.10 Å². The summed E-state index contributed by atoms with van der Waals surface area (Å²) in [5.74, 6) is 1.75. The van der Waals surface area contributed by atoms with Gasteiger partial charge in [-0.1, -0.05) is 32.0 Å². The fourth-order valence-corrected chi connectivity index (χ4v) is 3.09. The Balaban J connectivity index is 1.68. The summed E-state index contributed by atoms with van der Waals surface area (Å²) in [6, 6.07) is 15.5. The molecule has 0 saturated heterocycles. The van der Waals surface area contributed by atoms with Crippen molar-refractivity contribution in [1.82, 2.24) is 14.6 Å². The highest BCUT2D eigenvalue weighted by atomic mass is 16.5. The first-order valence-corrected chi connectivity index (χ1v) is 9.14. The normalized spacial score (nSPS) is 11.1. The molecule has 0 unspecified atom stereocenters. The minimum absolute atomic E-state index is 0.0999. The van der Waals surface area contributed by atoms with Crippen molar-refractivity contribution >= 4 is 17.2 Å². The average Bonchev–Trinajstić information content (AvgIpc) is 3.12. The predicted octanol–water partition coefficient (Wildman–Crippen LogP) is 4.98. The zero-order chi connectivity index (χ0) is 19.7. The highest BCUT2D eigenvalue weighted by molar-refractivity contribution is 5.79. The van der Waals surface area contributed by atoms with Crippen molar-refractivity contribution in [3.8, 4) is 22.6 Å². The molecule has 4 rings (SSSR count). The Morgan fingerprint density at radius 1 is 1.07 bits per heavy atom. The maximum atomic E-state index is 9.84. The molecule has 2 heterocycles. The SMILES string of the molecule is COc1cc(-c2cnn3ccc(Nc4ccc(C(C)C)cc4)nc23)ccc1O. The lowest BCUT2D eigenvalue weighted by Crippen LogP contribution is -1.98. The lowest BCUT2D eigenvalue weighted by atomic mass is 10.0. The Morgan fingerprint density at radius 2 is 1.86 bits per heavy atom. The lowest BCUT2D eigenvalue weighted by Gasteiger charge is -2.09. The number of fused-ring (bicyclic) bond motifs is 1. The molecule has 0 aliphatic rings. The Kier molecular flexibility index (Phi) is 4.61. The Bertz CT molecular complexity index is 1120. The molecular weight excluding hydrogens is 352 g/mol. The van der Waals surface area contributed by atoms with Crippen LogP contribution in [-0.2, 0) is 0 Å². The van der Waals surface area contributed by atoms with Crippen molar-refractivity contribution in [2.24, 2.45) is 0 Å². The summed E-state index contributed by atoms with van der Waals surface area (Å²) in [7, 11) is 1.53. The standard InChI is InChI=1S/C22H22N4O2/c1-14(2)15-4-7-17(8-5-15)24-21-10-11-26-22(25-21)18(13-23-26)16-6-9-19(27)20(12-16)28-3/h4-14,27H,1-3H3,(H,24,25). The van der Waals surface area contributed by atoms with Gasteiger partial charge in [0.25, 0.3) is 0 Å². The quantitative estimate of drug-likeness (QED) is 0.516. The molecule has 0 bridgehead atoms. The summed E-state index contributed by atoms with van der Waals surface area (Å²) < 4.78 is 6.94. The lowest BCUT2D eigenvalue weighted by molar-refractivity contribution is 0.373. The second-order valence-corrected chi connectivity index (χ2v) is 6.93. The number of nitrogens with one attached hydrogen (secondary N) is 1. The number of anilines is 2. The molecule has 0 radical (unpaired) electrons. The van der Waals surface area contributed by atoms with E-state index in [4.69, 9.17) is 9.72 Å². The fourth-order valence-electron chi connectivity index (χ4n) is 3.09. The third-order valence-corrected chi connectivity index (χ3v) is 4.71. The van der Waals surface area contributed by atoms with Gasteiger partial charge in [-0.25, -0.2) is 9.50 Å². The molecule has 0 amide bonds. The summed E-state index contributed by atoms with van der Waals surface area (Å²) in [4.78, 5) is 4.73. The average molecular weight is 374 g/mol. The van der Waals surface area contributed by atoms with Crippen LogP contribution in [0.2, 0.25) is 0 Å². The van der Waals surface area contributed by atoms with E-state index in [-0.39, 0.29) is 5.75 Å². The van der Waals surface area contributed by atoms with Crippen LogP contribution in [0.15, 0.2) is 60.9 Å². The summed E-state index contributed by atoms with van der Waals surface area (Å²) in [5.41, 5.74) is 4.73. The van der Waals surface area contributed by atoms with Gasteiger partial charge < -0.3 is 15.2 Å². The topological polar surface area (TPSA) is 71.7 Å². The number of hydrogen-bond donors (Lipinski definition) is 2. The van der Waals surface area contributed by atoms with Crippen LogP contribution in [0.25, 0.3) is 16.8 Å². The second kappa shape index (κ2) is 7.23. The highest BCUT2D eigenvalue weighted by Crippen LogP contribution is 2.33. The van der Waals surface area contributed by atoms with E-state index in [1.165, 1.54) is 12.7 Å². The van der Waals surface area contributed by atoms with Gasteiger partial charge in [0.2, 0.25) is 0 Å². The van der Waals surface area contributed by atoms with Crippen LogP contribution in [0.3, 0.4) is 0 Å². The van der Waals surface area contributed by atoms with Crippen molar-refractivity contribution in [3.63, 3.8) is 0 Å². The number of benzene rings is 2. The van der Waals surface area contributed by atoms with E-state index >= 15 is 0 Å². The molecule has 2 aromatic heterocycles. The fraction of sp³-hybridized carbons (Fsp3) is 0.182. The van der Waals surface area contributed by atoms with E-state index < -0.39 is 0 Å². The first-order chi connectivity index (χ1) is 13.5. The summed E-state index contributed by atoms with van der Waals surface area (Å²) in [6.45, 7) is 4.36. The van der Waals surface area contributed by atoms with Crippen molar-refractivity contribution in [2.75, 3.05) is 12.4 Å². The maximum Gasteiger partial charge on any atom is 0.165 e. The van der Waals surface area contributed by atoms with Gasteiger partial charge in [-0.3, -0.25) is 0 Å². The summed E-state index contributed by atoms with van der Waals surface area (Å²) in [5, 5.41) is 17.6. The van der Waals surface area contributed by atoms with Crippen molar-refractivity contribution in [1.29, 1.82) is 0 Å². The minimum atomic E-state index is 0.0999. The van der Waals surface area contributed by atoms with Crippen molar-refractivity contribution in [3.05, 3.63) is 66.5 Å². The number of aromatic nitrogens is 3. The molecule has 0 spiro atoms. The van der Waals surface area contributed by atoms with Gasteiger partial charge in [-0.05, 0) is 47.4 Å². The van der Waals surface area contributed by atoms with E-state index in [0.717, 1.165) is 28.3 Å². The minimum Gasteiger partial charge on any atom is -0.504 e. The molecule has 6 nitrogen and oxygen atoms in total. The molecular formula is C22H22N4O2. The molecule has 142 valence electrons. The zero-order valence-corrected chi connectivity index (χ0v) is 16.0. The molecule has 0 atom stereocenters. The van der Waals surface area contributed by atoms with Crippen LogP contribution >= 0.6 is 0 Å². The first-order valence-electron chi connectivity index (χ1n) is 9.14. The zero-order valence-electron chi connectivity index (χ0n) is 16.0. The van der Waals surface area contributed by atoms with Crippen LogP contribution in [0, 0.1) is 0 Å². The first kappa shape index (κ1) is 17.9. The number of rotatable bonds is 5. The van der Waals surface area contributed by atoms with E-state index in [1.807, 2.05) is 18.3 Å². The maximum absolute atomic E-state index is 9.84. The summed E-state index contributed by atoms with van der Waals surface area (Å²) >= 11 is 0. The van der Waals surface area contributed by atoms with Gasteiger partial charge in [0.15, 0.2) is 17.1 Å². The van der Waals surface area contributed by atoms with Gasteiger partial charge >= 0.3 is 0 Å². The van der Waals surface area contributed by atoms with Gasteiger partial charge in [-0.15, -0.1) is 0 Å². The van der Waals surface area contributed by atoms with Crippen LogP contribution in [0.4, 0.5) is 11.5 Å². The van der Waals surface area contributed by atoms with Crippen molar-refractivity contribution < 1.29 is 9.84 Å². The van der Waals surface area contributed by atoms with Gasteiger partial charge in [0.1, 0.15) is 5.82 Å². The van der Waals surface area contributed by atoms with Crippen LogP contribution < -0.4 is 10.1 Å². The molecule has 4 aromatic rings. The number of aromatic hydroxyl groups is 1. The number of nitrogens with zero attached hydrogens (tertiary/aromatic N) is 3. The molecule has 0 saturated carbocycles. The molecule has 28 heavy (non-hydrogen) atoms. The van der Waals surface area contributed by atoms with Crippen LogP contribution in [-0.4, -0.2) is 26.8 Å². The smallest absolute Gasteiger partial charge is 0.165 e.